The fourth-order valence-electron chi connectivity index (χ4n) is 7.90. The molecule has 76 heavy (non-hydrogen) atoms. The van der Waals surface area contributed by atoms with E-state index in [4.69, 9.17) is 69.8 Å². The molecule has 0 amide bonds. The van der Waals surface area contributed by atoms with Crippen LogP contribution < -0.4 is 4.90 Å². The molecule has 0 unspecified atom stereocenters. The summed E-state index contributed by atoms with van der Waals surface area (Å²) in [5.74, 6) is 1.95. The monoisotopic (exact) mass is 1140 g/mol. The van der Waals surface area contributed by atoms with Crippen LogP contribution in [0.2, 0.25) is 0 Å². The number of aryl methyl sites for hydroxylation is 1. The third kappa shape index (κ3) is 12.5. The average Bonchev–Trinajstić information content (AvgIpc) is 3.99. The van der Waals surface area contributed by atoms with Gasteiger partial charge in [0.1, 0.15) is 75.0 Å². The van der Waals surface area contributed by atoms with Gasteiger partial charge in [-0.3, -0.25) is 0 Å². The quantitative estimate of drug-likeness (QED) is 0.128. The van der Waals surface area contributed by atoms with Crippen LogP contribution in [-0.2, 0) is 0 Å². The van der Waals surface area contributed by atoms with E-state index < -0.39 is 0 Å². The average molecular weight is 1140 g/mol. The molecule has 0 spiro atoms. The largest absolute Gasteiger partial charge is 0.356 e. The van der Waals surface area contributed by atoms with Crippen molar-refractivity contribution in [1.82, 2.24) is 79.7 Å². The highest BCUT2D eigenvalue weighted by molar-refractivity contribution is 8.04. The molecule has 2 aliphatic heterocycles. The minimum absolute atomic E-state index is 0.189. The van der Waals surface area contributed by atoms with E-state index in [0.29, 0.717) is 90.7 Å². The number of rotatable bonds is 9. The summed E-state index contributed by atoms with van der Waals surface area (Å²) in [5, 5.41) is 4.66. The van der Waals surface area contributed by atoms with Gasteiger partial charge in [-0.15, -0.1) is 0 Å². The molecule has 402 valence electrons. The van der Waals surface area contributed by atoms with Crippen LogP contribution in [0.5, 0.6) is 0 Å². The molecule has 0 aromatic carbocycles. The maximum absolute atomic E-state index is 5.43. The van der Waals surface area contributed by atoms with Crippen molar-refractivity contribution in [2.75, 3.05) is 18.0 Å². The molecular weight excluding hydrogens is 1070 g/mol. The van der Waals surface area contributed by atoms with E-state index in [-0.39, 0.29) is 28.5 Å². The lowest BCUT2D eigenvalue weighted by Gasteiger charge is -2.22. The highest BCUT2D eigenvalue weighted by atomic mass is 32.2. The van der Waals surface area contributed by atoms with E-state index in [1.54, 1.807) is 70.6 Å². The molecule has 7 aromatic rings. The van der Waals surface area contributed by atoms with Gasteiger partial charge in [-0.05, 0) is 20.8 Å². The number of fused-ring (bicyclic) bond motifs is 20. The third-order valence-corrected chi connectivity index (χ3v) is 17.5. The molecular formula is C53H69N17S6. The molecule has 2 N–H and O–H groups in total. The van der Waals surface area contributed by atoms with Crippen LogP contribution in [0.25, 0.3) is 90.7 Å². The van der Waals surface area contributed by atoms with Crippen molar-refractivity contribution in [3.05, 3.63) is 5.69 Å². The lowest BCUT2D eigenvalue weighted by Crippen LogP contribution is -2.24. The van der Waals surface area contributed by atoms with Crippen molar-refractivity contribution in [2.45, 2.75) is 204 Å². The number of aromatic amines is 2. The van der Waals surface area contributed by atoms with Crippen molar-refractivity contribution < 1.29 is 0 Å². The van der Waals surface area contributed by atoms with Crippen LogP contribution in [0.4, 0.5) is 5.82 Å². The highest BCUT2D eigenvalue weighted by Gasteiger charge is 2.34. The third-order valence-electron chi connectivity index (χ3n) is 10.5. The van der Waals surface area contributed by atoms with Gasteiger partial charge in [0.2, 0.25) is 0 Å². The second-order valence-electron chi connectivity index (χ2n) is 24.5. The molecule has 17 nitrogen and oxygen atoms in total. The summed E-state index contributed by atoms with van der Waals surface area (Å²) >= 11 is 9.94. The zero-order valence-corrected chi connectivity index (χ0v) is 52.5. The Morgan fingerprint density at radius 2 is 0.553 bits per heavy atom. The van der Waals surface area contributed by atoms with E-state index in [1.807, 2.05) is 6.92 Å². The zero-order valence-electron chi connectivity index (χ0n) is 47.6. The molecule has 7 aromatic heterocycles. The van der Waals surface area contributed by atoms with Crippen molar-refractivity contribution in [3.63, 3.8) is 0 Å². The van der Waals surface area contributed by atoms with Gasteiger partial charge in [-0.1, -0.05) is 195 Å². The van der Waals surface area contributed by atoms with Crippen LogP contribution >= 0.6 is 70.6 Å². The van der Waals surface area contributed by atoms with E-state index in [0.717, 1.165) is 54.8 Å². The summed E-state index contributed by atoms with van der Waals surface area (Å²) in [5.41, 5.74) is 6.25. The van der Waals surface area contributed by atoms with Crippen molar-refractivity contribution in [2.24, 2.45) is 0 Å². The van der Waals surface area contributed by atoms with Gasteiger partial charge >= 0.3 is 0 Å². The molecule has 8 bridgehead atoms. The lowest BCUT2D eigenvalue weighted by molar-refractivity contribution is 0.778. The molecule has 0 saturated heterocycles. The van der Waals surface area contributed by atoms with Gasteiger partial charge in [-0.2, -0.15) is 0 Å². The fraction of sp³-hybridized carbons (Fsp3) is 0.547. The fourth-order valence-corrected chi connectivity index (χ4v) is 13.8. The SMILES string of the molecule is CCN(CC)c1nc2c3nc4nc(nc5[nH]c(nc6nc(nc([nH]3)c2nc1C)-c1nc(SC(C)(C)C)c(SC(C)(C)C)nc1-6)c1nc(SC(C)(C)C)c(SC(C)(C)C)nc51)-c1nc(SC(C)(C)C)c(SC(C)(C)C)nc1-4. The Bertz CT molecular complexity index is 3620. The maximum Gasteiger partial charge on any atom is 0.184 e. The van der Waals surface area contributed by atoms with Crippen molar-refractivity contribution in [1.29, 1.82) is 0 Å². The van der Waals surface area contributed by atoms with E-state index in [9.17, 15) is 0 Å². The summed E-state index contributed by atoms with van der Waals surface area (Å²) in [6.45, 7) is 46.8. The molecule has 0 saturated carbocycles. The van der Waals surface area contributed by atoms with E-state index >= 15 is 0 Å². The number of nitrogens with one attached hydrogen (secondary N) is 2. The first kappa shape index (κ1) is 56.3. The minimum Gasteiger partial charge on any atom is -0.356 e. The Kier molecular flexibility index (Phi) is 14.8. The Morgan fingerprint density at radius 3 is 0.803 bits per heavy atom. The van der Waals surface area contributed by atoms with Gasteiger partial charge in [0.05, 0.1) is 5.69 Å². The topological polar surface area (TPSA) is 215 Å². The molecule has 9 heterocycles. The van der Waals surface area contributed by atoms with Gasteiger partial charge in [-0.25, -0.2) is 69.8 Å². The summed E-state index contributed by atoms with van der Waals surface area (Å²) in [6, 6.07) is 0. The minimum atomic E-state index is -0.192. The summed E-state index contributed by atoms with van der Waals surface area (Å²) in [6.07, 6.45) is 0. The number of thioether (sulfide) groups is 6. The summed E-state index contributed by atoms with van der Waals surface area (Å²) in [4.78, 5) is 84.1. The van der Waals surface area contributed by atoms with Crippen molar-refractivity contribution in [3.8, 4) is 46.1 Å². The van der Waals surface area contributed by atoms with Crippen molar-refractivity contribution >= 4 is 121 Å². The van der Waals surface area contributed by atoms with E-state index in [1.165, 1.54) is 0 Å². The first-order valence-electron chi connectivity index (χ1n) is 25.5. The first-order valence-corrected chi connectivity index (χ1v) is 30.4. The predicted molar refractivity (Wildman–Crippen MR) is 320 cm³/mol. The number of H-pyrrole nitrogens is 2. The molecule has 23 heteroatoms. The molecule has 9 rings (SSSR count). The lowest BCUT2D eigenvalue weighted by atomic mass is 10.3. The van der Waals surface area contributed by atoms with Crippen LogP contribution in [-0.4, -0.2) is 121 Å². The second-order valence-corrected chi connectivity index (χ2v) is 35.4. The Morgan fingerprint density at radius 1 is 0.316 bits per heavy atom. The van der Waals surface area contributed by atoms with Gasteiger partial charge in [0.25, 0.3) is 0 Å². The number of aromatic nitrogens is 16. The number of anilines is 1. The molecule has 0 fully saturated rings. The maximum atomic E-state index is 5.43. The highest BCUT2D eigenvalue weighted by Crippen LogP contribution is 2.47. The van der Waals surface area contributed by atoms with Gasteiger partial charge in [0, 0.05) is 41.6 Å². The van der Waals surface area contributed by atoms with Crippen LogP contribution in [0, 0.1) is 6.92 Å². The smallest absolute Gasteiger partial charge is 0.184 e. The molecule has 0 radical (unpaired) electrons. The molecule has 0 aliphatic carbocycles. The standard InChI is InChI=1S/C53H69N17S6/c1-22-70(23-2)41-24(3)54-25-26(55-41)34-62-33(25)63-35-27-29(58-44(73-50(10,11)12)42(56-27)71-48(4,5)6)37(65-35)67-39-31-32(61-47(76-53(19,20)21)46(60-31)75-52(16,17)18)40(69-39)68-38-30-28(36(64-34)66-38)57-43(72-49(7,8)9)45(59-30)74-51(13,14)15/h22-23H2,1-21H3,(H2,62,63,64,65,66,67,68,69). The predicted octanol–water partition coefficient (Wildman–Crippen LogP) is 14.5. The summed E-state index contributed by atoms with van der Waals surface area (Å²) < 4.78 is -1.15. The van der Waals surface area contributed by atoms with Gasteiger partial charge < -0.3 is 14.9 Å². The van der Waals surface area contributed by atoms with Crippen LogP contribution in [0.1, 0.15) is 144 Å². The Balaban J connectivity index is 1.49. The summed E-state index contributed by atoms with van der Waals surface area (Å²) in [7, 11) is 0. The second kappa shape index (κ2) is 20.0. The first-order chi connectivity index (χ1) is 35.1. The zero-order chi connectivity index (χ0) is 55.4. The Labute approximate surface area is 471 Å². The Hall–Kier alpha value is -4.42. The van der Waals surface area contributed by atoms with Gasteiger partial charge in [0.15, 0.2) is 51.7 Å². The molecule has 0 atom stereocenters. The van der Waals surface area contributed by atoms with Crippen LogP contribution in [0.15, 0.2) is 30.2 Å². The number of hydrogen-bond donors (Lipinski definition) is 2. The molecule has 2 aliphatic rings. The van der Waals surface area contributed by atoms with Crippen LogP contribution in [0.3, 0.4) is 0 Å². The number of hydrogen-bond acceptors (Lipinski definition) is 21. The number of nitrogens with zero attached hydrogens (tertiary/aromatic N) is 15. The normalized spacial score (nSPS) is 13.5. The van der Waals surface area contributed by atoms with E-state index in [2.05, 4.69) is 153 Å².